The Bertz CT molecular complexity index is 433. The van der Waals surface area contributed by atoms with Crippen molar-refractivity contribution in [2.45, 2.75) is 33.3 Å². The molecular weight excluding hydrogens is 230 g/mol. The Labute approximate surface area is 108 Å². The molecule has 100 valence electrons. The largest absolute Gasteiger partial charge is 0.492 e. The van der Waals surface area contributed by atoms with Crippen molar-refractivity contribution < 1.29 is 14.6 Å². The van der Waals surface area contributed by atoms with Gasteiger partial charge in [-0.1, -0.05) is 19.9 Å². The molecule has 0 aliphatic rings. The second kappa shape index (κ2) is 5.40. The highest BCUT2D eigenvalue weighted by atomic mass is 16.5. The quantitative estimate of drug-likeness (QED) is 0.841. The third-order valence-electron chi connectivity index (χ3n) is 2.52. The van der Waals surface area contributed by atoms with Gasteiger partial charge in [-0.3, -0.25) is 4.79 Å². The van der Waals surface area contributed by atoms with Crippen molar-refractivity contribution in [2.24, 2.45) is 11.7 Å². The SMILES string of the molecule is CC(C)COc1ccc(C(C)(C)O)cc1C(N)=O. The van der Waals surface area contributed by atoms with Crippen LogP contribution in [0.3, 0.4) is 0 Å². The molecule has 0 spiro atoms. The predicted octanol–water partition coefficient (Wildman–Crippen LogP) is 2.05. The monoisotopic (exact) mass is 251 g/mol. The van der Waals surface area contributed by atoms with E-state index in [-0.39, 0.29) is 0 Å². The average molecular weight is 251 g/mol. The van der Waals surface area contributed by atoms with Crippen LogP contribution in [0.4, 0.5) is 0 Å². The molecule has 1 amide bonds. The number of rotatable bonds is 5. The molecule has 1 aromatic rings. The molecule has 0 aromatic heterocycles. The second-order valence-corrected chi connectivity index (χ2v) is 5.34. The van der Waals surface area contributed by atoms with Gasteiger partial charge in [0.2, 0.25) is 0 Å². The zero-order chi connectivity index (χ0) is 13.9. The van der Waals surface area contributed by atoms with Gasteiger partial charge in [0.05, 0.1) is 17.8 Å². The molecule has 4 heteroatoms. The topological polar surface area (TPSA) is 72.6 Å². The average Bonchev–Trinajstić information content (AvgIpc) is 2.24. The first-order valence-electron chi connectivity index (χ1n) is 6.01. The van der Waals surface area contributed by atoms with E-state index < -0.39 is 11.5 Å². The smallest absolute Gasteiger partial charge is 0.252 e. The number of hydrogen-bond acceptors (Lipinski definition) is 3. The zero-order valence-corrected chi connectivity index (χ0v) is 11.4. The number of nitrogens with two attached hydrogens (primary N) is 1. The van der Waals surface area contributed by atoms with E-state index >= 15 is 0 Å². The second-order valence-electron chi connectivity index (χ2n) is 5.34. The zero-order valence-electron chi connectivity index (χ0n) is 11.4. The lowest BCUT2D eigenvalue weighted by Gasteiger charge is -2.20. The molecule has 0 fully saturated rings. The van der Waals surface area contributed by atoms with E-state index in [1.807, 2.05) is 13.8 Å². The number of benzene rings is 1. The van der Waals surface area contributed by atoms with Crippen molar-refractivity contribution in [1.82, 2.24) is 0 Å². The molecule has 0 bridgehead atoms. The van der Waals surface area contributed by atoms with Gasteiger partial charge in [-0.05, 0) is 37.5 Å². The maximum Gasteiger partial charge on any atom is 0.252 e. The number of carbonyl (C=O) groups excluding carboxylic acids is 1. The van der Waals surface area contributed by atoms with Crippen LogP contribution in [0, 0.1) is 5.92 Å². The predicted molar refractivity (Wildman–Crippen MR) is 70.5 cm³/mol. The van der Waals surface area contributed by atoms with Crippen molar-refractivity contribution in [3.05, 3.63) is 29.3 Å². The van der Waals surface area contributed by atoms with E-state index in [9.17, 15) is 9.90 Å². The van der Waals surface area contributed by atoms with Gasteiger partial charge in [-0.15, -0.1) is 0 Å². The Morgan fingerprint density at radius 1 is 1.44 bits per heavy atom. The van der Waals surface area contributed by atoms with Crippen LogP contribution in [-0.4, -0.2) is 17.6 Å². The summed E-state index contributed by atoms with van der Waals surface area (Å²) in [5.74, 6) is 0.267. The van der Waals surface area contributed by atoms with E-state index in [0.29, 0.717) is 29.4 Å². The highest BCUT2D eigenvalue weighted by Gasteiger charge is 2.19. The molecule has 3 N–H and O–H groups in total. The van der Waals surface area contributed by atoms with Gasteiger partial charge >= 0.3 is 0 Å². The molecule has 0 aliphatic heterocycles. The number of ether oxygens (including phenoxy) is 1. The van der Waals surface area contributed by atoms with Crippen LogP contribution in [0.25, 0.3) is 0 Å². The van der Waals surface area contributed by atoms with Crippen LogP contribution in [0.15, 0.2) is 18.2 Å². The lowest BCUT2D eigenvalue weighted by molar-refractivity contribution is 0.0783. The maximum absolute atomic E-state index is 11.4. The van der Waals surface area contributed by atoms with Crippen LogP contribution < -0.4 is 10.5 Å². The minimum Gasteiger partial charge on any atom is -0.492 e. The highest BCUT2D eigenvalue weighted by molar-refractivity contribution is 5.95. The van der Waals surface area contributed by atoms with Crippen LogP contribution in [0.1, 0.15) is 43.6 Å². The molecule has 1 rings (SSSR count). The Kier molecular flexibility index (Phi) is 4.35. The van der Waals surface area contributed by atoms with Gasteiger partial charge in [-0.25, -0.2) is 0 Å². The summed E-state index contributed by atoms with van der Waals surface area (Å²) in [4.78, 5) is 11.4. The highest BCUT2D eigenvalue weighted by Crippen LogP contribution is 2.26. The summed E-state index contributed by atoms with van der Waals surface area (Å²) in [6, 6.07) is 5.00. The van der Waals surface area contributed by atoms with E-state index in [4.69, 9.17) is 10.5 Å². The number of carbonyl (C=O) groups is 1. The normalized spacial score (nSPS) is 11.7. The fraction of sp³-hybridized carbons (Fsp3) is 0.500. The molecule has 0 radical (unpaired) electrons. The van der Waals surface area contributed by atoms with Gasteiger partial charge in [0.15, 0.2) is 0 Å². The number of amides is 1. The molecule has 0 saturated heterocycles. The van der Waals surface area contributed by atoms with Crippen LogP contribution in [0.5, 0.6) is 5.75 Å². The summed E-state index contributed by atoms with van der Waals surface area (Å²) in [6.45, 7) is 7.87. The molecule has 0 unspecified atom stereocenters. The molecule has 1 aromatic carbocycles. The lowest BCUT2D eigenvalue weighted by Crippen LogP contribution is -2.19. The van der Waals surface area contributed by atoms with Crippen molar-refractivity contribution in [3.8, 4) is 5.75 Å². The van der Waals surface area contributed by atoms with Gasteiger partial charge in [0, 0.05) is 0 Å². The summed E-state index contributed by atoms with van der Waals surface area (Å²) in [5, 5.41) is 9.91. The molecule has 18 heavy (non-hydrogen) atoms. The fourth-order valence-electron chi connectivity index (χ4n) is 1.49. The Morgan fingerprint density at radius 2 is 2.06 bits per heavy atom. The number of hydrogen-bond donors (Lipinski definition) is 2. The molecular formula is C14H21NO3. The summed E-state index contributed by atoms with van der Waals surface area (Å²) >= 11 is 0. The van der Waals surface area contributed by atoms with E-state index in [2.05, 4.69) is 0 Å². The lowest BCUT2D eigenvalue weighted by atomic mass is 9.96. The van der Waals surface area contributed by atoms with E-state index in [1.165, 1.54) is 0 Å². The third-order valence-corrected chi connectivity index (χ3v) is 2.52. The van der Waals surface area contributed by atoms with Gasteiger partial charge in [-0.2, -0.15) is 0 Å². The fourth-order valence-corrected chi connectivity index (χ4v) is 1.49. The number of primary amides is 1. The van der Waals surface area contributed by atoms with Crippen molar-refractivity contribution >= 4 is 5.91 Å². The first-order valence-corrected chi connectivity index (χ1v) is 6.01. The van der Waals surface area contributed by atoms with Crippen molar-refractivity contribution in [1.29, 1.82) is 0 Å². The van der Waals surface area contributed by atoms with Gasteiger partial charge < -0.3 is 15.6 Å². The summed E-state index contributed by atoms with van der Waals surface area (Å²) in [7, 11) is 0. The van der Waals surface area contributed by atoms with E-state index in [0.717, 1.165) is 0 Å². The molecule has 0 saturated carbocycles. The van der Waals surface area contributed by atoms with Crippen LogP contribution >= 0.6 is 0 Å². The van der Waals surface area contributed by atoms with Crippen molar-refractivity contribution in [3.63, 3.8) is 0 Å². The summed E-state index contributed by atoms with van der Waals surface area (Å²) in [6.07, 6.45) is 0. The molecule has 0 atom stereocenters. The minimum absolute atomic E-state index is 0.301. The molecule has 0 aliphatic carbocycles. The van der Waals surface area contributed by atoms with Crippen LogP contribution in [0.2, 0.25) is 0 Å². The standard InChI is InChI=1S/C14H21NO3/c1-9(2)8-18-12-6-5-10(14(3,4)17)7-11(12)13(15)16/h5-7,9,17H,8H2,1-4H3,(H2,15,16). The van der Waals surface area contributed by atoms with Crippen LogP contribution in [-0.2, 0) is 5.60 Å². The van der Waals surface area contributed by atoms with E-state index in [1.54, 1.807) is 32.0 Å². The van der Waals surface area contributed by atoms with Crippen molar-refractivity contribution in [2.75, 3.05) is 6.61 Å². The first kappa shape index (κ1) is 14.5. The minimum atomic E-state index is -1.01. The Morgan fingerprint density at radius 3 is 2.50 bits per heavy atom. The summed E-state index contributed by atoms with van der Waals surface area (Å²) in [5.41, 5.74) is 5.25. The third kappa shape index (κ3) is 3.74. The maximum atomic E-state index is 11.4. The number of aliphatic hydroxyl groups is 1. The summed E-state index contributed by atoms with van der Waals surface area (Å²) < 4.78 is 5.55. The Balaban J connectivity index is 3.09. The first-order chi connectivity index (χ1) is 8.21. The van der Waals surface area contributed by atoms with Gasteiger partial charge in [0.1, 0.15) is 5.75 Å². The molecule has 0 heterocycles. The van der Waals surface area contributed by atoms with Gasteiger partial charge in [0.25, 0.3) is 5.91 Å². The molecule has 4 nitrogen and oxygen atoms in total. The Hall–Kier alpha value is -1.55.